The van der Waals surface area contributed by atoms with Crippen molar-refractivity contribution in [1.82, 2.24) is 5.43 Å². The molecule has 0 bridgehead atoms. The van der Waals surface area contributed by atoms with Crippen molar-refractivity contribution in [3.8, 4) is 0 Å². The number of hydrazone groups is 1. The molecular formula is C4H7N3O3. The number of ether oxygens (including phenoxy) is 1. The molecule has 56 valence electrons. The van der Waals surface area contributed by atoms with Crippen LogP contribution >= 0.6 is 0 Å². The monoisotopic (exact) mass is 145 g/mol. The first-order chi connectivity index (χ1) is 4.66. The molecule has 0 spiro atoms. The van der Waals surface area contributed by atoms with E-state index in [1.54, 1.807) is 0 Å². The van der Waals surface area contributed by atoms with Crippen molar-refractivity contribution < 1.29 is 14.3 Å². The number of amides is 2. The number of hydrogen-bond acceptors (Lipinski definition) is 4. The van der Waals surface area contributed by atoms with E-state index in [0.717, 1.165) is 6.21 Å². The highest BCUT2D eigenvalue weighted by Gasteiger charge is 1.91. The fourth-order valence-electron chi connectivity index (χ4n) is 0.201. The highest BCUT2D eigenvalue weighted by Crippen LogP contribution is 1.65. The number of methoxy groups -OCH3 is 1. The molecule has 10 heavy (non-hydrogen) atoms. The van der Waals surface area contributed by atoms with Gasteiger partial charge in [-0.3, -0.25) is 0 Å². The van der Waals surface area contributed by atoms with Gasteiger partial charge in [0.1, 0.15) is 6.21 Å². The second kappa shape index (κ2) is 4.30. The third-order valence-corrected chi connectivity index (χ3v) is 0.546. The van der Waals surface area contributed by atoms with E-state index in [4.69, 9.17) is 0 Å². The summed E-state index contributed by atoms with van der Waals surface area (Å²) in [6.45, 7) is 0. The maximum Gasteiger partial charge on any atom is 0.350 e. The molecule has 0 aliphatic heterocycles. The van der Waals surface area contributed by atoms with E-state index in [9.17, 15) is 9.59 Å². The molecule has 6 nitrogen and oxygen atoms in total. The van der Waals surface area contributed by atoms with Crippen molar-refractivity contribution in [1.29, 1.82) is 0 Å². The van der Waals surface area contributed by atoms with Crippen LogP contribution in [0.3, 0.4) is 0 Å². The summed E-state index contributed by atoms with van der Waals surface area (Å²) in [5.74, 6) is -0.659. The van der Waals surface area contributed by atoms with Gasteiger partial charge in [0.05, 0.1) is 7.11 Å². The van der Waals surface area contributed by atoms with Crippen molar-refractivity contribution in [3.05, 3.63) is 0 Å². The van der Waals surface area contributed by atoms with Gasteiger partial charge < -0.3 is 10.5 Å². The van der Waals surface area contributed by atoms with Crippen LogP contribution in [0, 0.1) is 0 Å². The summed E-state index contributed by atoms with van der Waals surface area (Å²) in [5.41, 5.74) is 6.42. The summed E-state index contributed by atoms with van der Waals surface area (Å²) in [6.07, 6.45) is 0.796. The van der Waals surface area contributed by atoms with Crippen LogP contribution < -0.4 is 11.2 Å². The van der Waals surface area contributed by atoms with Crippen LogP contribution in [-0.4, -0.2) is 25.3 Å². The van der Waals surface area contributed by atoms with Gasteiger partial charge >= 0.3 is 12.0 Å². The highest BCUT2D eigenvalue weighted by molar-refractivity contribution is 6.23. The number of nitrogens with zero attached hydrogens (tertiary/aromatic N) is 1. The van der Waals surface area contributed by atoms with Gasteiger partial charge in [-0.2, -0.15) is 5.10 Å². The number of hydrogen-bond donors (Lipinski definition) is 2. The minimum Gasteiger partial charge on any atom is -0.465 e. The first-order valence-electron chi connectivity index (χ1n) is 2.33. The summed E-state index contributed by atoms with van der Waals surface area (Å²) >= 11 is 0. The van der Waals surface area contributed by atoms with E-state index in [2.05, 4.69) is 15.6 Å². The lowest BCUT2D eigenvalue weighted by Gasteiger charge is -1.89. The molecule has 0 unspecified atom stereocenters. The van der Waals surface area contributed by atoms with E-state index in [-0.39, 0.29) is 0 Å². The van der Waals surface area contributed by atoms with E-state index in [1.807, 2.05) is 5.43 Å². The van der Waals surface area contributed by atoms with Crippen molar-refractivity contribution in [2.45, 2.75) is 0 Å². The van der Waals surface area contributed by atoms with Gasteiger partial charge in [-0.1, -0.05) is 0 Å². The third kappa shape index (κ3) is 4.57. The smallest absolute Gasteiger partial charge is 0.350 e. The number of esters is 1. The van der Waals surface area contributed by atoms with Crippen LogP contribution in [0.2, 0.25) is 0 Å². The number of nitrogens with one attached hydrogen (secondary N) is 1. The summed E-state index contributed by atoms with van der Waals surface area (Å²) < 4.78 is 4.15. The summed E-state index contributed by atoms with van der Waals surface area (Å²) in [7, 11) is 1.19. The second-order valence-corrected chi connectivity index (χ2v) is 1.26. The van der Waals surface area contributed by atoms with Gasteiger partial charge in [-0.25, -0.2) is 15.0 Å². The second-order valence-electron chi connectivity index (χ2n) is 1.26. The molecule has 6 heteroatoms. The van der Waals surface area contributed by atoms with Crippen LogP contribution in [0.15, 0.2) is 5.10 Å². The Bertz CT molecular complexity index is 165. The zero-order chi connectivity index (χ0) is 7.98. The fraction of sp³-hybridized carbons (Fsp3) is 0.250. The maximum atomic E-state index is 10.2. The van der Waals surface area contributed by atoms with Crippen molar-refractivity contribution in [2.24, 2.45) is 10.8 Å². The molecule has 0 aromatic rings. The van der Waals surface area contributed by atoms with Gasteiger partial charge in [0.2, 0.25) is 0 Å². The summed E-state index contributed by atoms with van der Waals surface area (Å²) in [5, 5.41) is 3.12. The quantitative estimate of drug-likeness (QED) is 0.290. The lowest BCUT2D eigenvalue weighted by molar-refractivity contribution is -0.132. The van der Waals surface area contributed by atoms with Gasteiger partial charge in [0.25, 0.3) is 0 Å². The molecule has 0 aromatic carbocycles. The van der Waals surface area contributed by atoms with Crippen LogP contribution in [-0.2, 0) is 9.53 Å². The van der Waals surface area contributed by atoms with E-state index in [0.29, 0.717) is 0 Å². The van der Waals surface area contributed by atoms with Gasteiger partial charge in [-0.05, 0) is 0 Å². The largest absolute Gasteiger partial charge is 0.465 e. The van der Waals surface area contributed by atoms with E-state index >= 15 is 0 Å². The average Bonchev–Trinajstić information content (AvgIpc) is 1.87. The molecule has 0 fully saturated rings. The van der Waals surface area contributed by atoms with E-state index < -0.39 is 12.0 Å². The Balaban J connectivity index is 3.56. The number of carbonyl (C=O) groups is 2. The number of rotatable bonds is 2. The first-order valence-corrected chi connectivity index (χ1v) is 2.33. The topological polar surface area (TPSA) is 93.8 Å². The Morgan fingerprint density at radius 2 is 2.30 bits per heavy atom. The van der Waals surface area contributed by atoms with Gasteiger partial charge in [0, 0.05) is 0 Å². The molecule has 3 N–H and O–H groups in total. The molecule has 0 aliphatic rings. The molecule has 0 radical (unpaired) electrons. The third-order valence-electron chi connectivity index (χ3n) is 0.546. The lowest BCUT2D eigenvalue weighted by Crippen LogP contribution is -2.25. The van der Waals surface area contributed by atoms with Crippen LogP contribution in [0.1, 0.15) is 0 Å². The molecular weight excluding hydrogens is 138 g/mol. The van der Waals surface area contributed by atoms with Crippen molar-refractivity contribution in [2.75, 3.05) is 7.11 Å². The Kier molecular flexibility index (Phi) is 3.62. The average molecular weight is 145 g/mol. The Morgan fingerprint density at radius 1 is 1.70 bits per heavy atom. The first kappa shape index (κ1) is 8.41. The highest BCUT2D eigenvalue weighted by atomic mass is 16.5. The molecule has 0 saturated heterocycles. The van der Waals surface area contributed by atoms with Crippen molar-refractivity contribution >= 4 is 18.2 Å². The summed E-state index contributed by atoms with van der Waals surface area (Å²) in [4.78, 5) is 20.1. The molecule has 2 amide bonds. The van der Waals surface area contributed by atoms with Crippen LogP contribution in [0.4, 0.5) is 4.79 Å². The van der Waals surface area contributed by atoms with Gasteiger partial charge in [-0.15, -0.1) is 0 Å². The normalized spacial score (nSPS) is 9.30. The molecule has 0 aliphatic carbocycles. The van der Waals surface area contributed by atoms with E-state index in [1.165, 1.54) is 7.11 Å². The minimum atomic E-state index is -0.833. The number of carbonyl (C=O) groups excluding carboxylic acids is 2. The lowest BCUT2D eigenvalue weighted by atomic mass is 10.8. The number of nitrogens with two attached hydrogens (primary N) is 1. The minimum absolute atomic E-state index is 0.659. The fourth-order valence-corrected chi connectivity index (χ4v) is 0.201. The zero-order valence-electron chi connectivity index (χ0n) is 5.33. The zero-order valence-corrected chi connectivity index (χ0v) is 5.33. The molecule has 0 atom stereocenters. The molecule has 0 rings (SSSR count). The molecule has 0 saturated carbocycles. The van der Waals surface area contributed by atoms with Gasteiger partial charge in [0.15, 0.2) is 0 Å². The number of primary amides is 1. The van der Waals surface area contributed by atoms with Crippen LogP contribution in [0.5, 0.6) is 0 Å². The maximum absolute atomic E-state index is 10.2. The molecule has 0 heterocycles. The van der Waals surface area contributed by atoms with Crippen LogP contribution in [0.25, 0.3) is 0 Å². The Labute approximate surface area is 57.0 Å². The molecule has 0 aromatic heterocycles. The number of urea groups is 1. The SMILES string of the molecule is COC(=O)/C=N\NC(N)=O. The standard InChI is InChI=1S/C4H7N3O3/c1-10-3(8)2-6-7-4(5)9/h2H,1H3,(H3,5,7,9)/b6-2-. The Morgan fingerprint density at radius 3 is 2.70 bits per heavy atom. The predicted molar refractivity (Wildman–Crippen MR) is 33.2 cm³/mol. The predicted octanol–water partition coefficient (Wildman–Crippen LogP) is -1.19. The summed E-state index contributed by atoms with van der Waals surface area (Å²) in [6, 6.07) is -0.833. The Hall–Kier alpha value is -1.59. The van der Waals surface area contributed by atoms with Crippen molar-refractivity contribution in [3.63, 3.8) is 0 Å².